The molecule has 0 aliphatic carbocycles. The molecule has 1 rings (SSSR count). The zero-order chi connectivity index (χ0) is 11.3. The predicted octanol–water partition coefficient (Wildman–Crippen LogP) is 1.36. The number of alkyl halides is 1. The van der Waals surface area contributed by atoms with Crippen molar-refractivity contribution in [3.8, 4) is 5.75 Å². The van der Waals surface area contributed by atoms with Crippen LogP contribution in [0.25, 0.3) is 0 Å². The Morgan fingerprint density at radius 3 is 2.87 bits per heavy atom. The van der Waals surface area contributed by atoms with Gasteiger partial charge in [-0.05, 0) is 18.2 Å². The molecule has 4 nitrogen and oxygen atoms in total. The van der Waals surface area contributed by atoms with Gasteiger partial charge in [-0.15, -0.1) is 11.6 Å². The maximum absolute atomic E-state index is 11.0. The number of amides is 1. The Kier molecular flexibility index (Phi) is 4.39. The summed E-state index contributed by atoms with van der Waals surface area (Å²) in [6.07, 6.45) is 0. The zero-order valence-electron chi connectivity index (χ0n) is 8.29. The van der Waals surface area contributed by atoms with E-state index >= 15 is 0 Å². The third-order valence-corrected chi connectivity index (χ3v) is 2.10. The predicted molar refractivity (Wildman–Crippen MR) is 58.3 cm³/mol. The molecule has 5 heteroatoms. The van der Waals surface area contributed by atoms with Crippen LogP contribution >= 0.6 is 11.6 Å². The molecule has 15 heavy (non-hydrogen) atoms. The quantitative estimate of drug-likeness (QED) is 0.767. The van der Waals surface area contributed by atoms with Gasteiger partial charge < -0.3 is 15.2 Å². The van der Waals surface area contributed by atoms with E-state index in [-0.39, 0.29) is 18.4 Å². The number of aliphatic hydroxyl groups excluding tert-OH is 1. The second-order valence-electron chi connectivity index (χ2n) is 2.87. The first-order chi connectivity index (χ1) is 7.21. The lowest BCUT2D eigenvalue weighted by atomic mass is 10.2. The molecular formula is C10H12ClNO3. The summed E-state index contributed by atoms with van der Waals surface area (Å²) < 4.78 is 5.02. The Labute approximate surface area is 92.8 Å². The van der Waals surface area contributed by atoms with Crippen LogP contribution in [0.2, 0.25) is 0 Å². The average molecular weight is 230 g/mol. The molecule has 82 valence electrons. The molecular weight excluding hydrogens is 218 g/mol. The summed E-state index contributed by atoms with van der Waals surface area (Å²) in [5, 5.41) is 11.6. The normalized spacial score (nSPS) is 9.80. The van der Waals surface area contributed by atoms with E-state index in [9.17, 15) is 4.79 Å². The molecule has 0 aliphatic heterocycles. The van der Waals surface area contributed by atoms with Gasteiger partial charge in [0.1, 0.15) is 11.6 Å². The third kappa shape index (κ3) is 3.11. The highest BCUT2D eigenvalue weighted by Gasteiger charge is 2.05. The maximum Gasteiger partial charge on any atom is 0.239 e. The summed E-state index contributed by atoms with van der Waals surface area (Å²) in [7, 11) is 1.52. The van der Waals surface area contributed by atoms with Crippen LogP contribution in [0.4, 0.5) is 5.69 Å². The number of hydrogen-bond donors (Lipinski definition) is 2. The Balaban J connectivity index is 2.88. The fourth-order valence-electron chi connectivity index (χ4n) is 1.17. The van der Waals surface area contributed by atoms with Crippen LogP contribution < -0.4 is 10.1 Å². The first kappa shape index (κ1) is 11.8. The first-order valence-corrected chi connectivity index (χ1v) is 4.88. The van der Waals surface area contributed by atoms with Gasteiger partial charge in [0.25, 0.3) is 0 Å². The van der Waals surface area contributed by atoms with Crippen LogP contribution in [-0.2, 0) is 11.4 Å². The summed E-state index contributed by atoms with van der Waals surface area (Å²) in [4.78, 5) is 11.0. The van der Waals surface area contributed by atoms with E-state index < -0.39 is 0 Å². The topological polar surface area (TPSA) is 58.6 Å². The highest BCUT2D eigenvalue weighted by molar-refractivity contribution is 6.29. The smallest absolute Gasteiger partial charge is 0.239 e. The number of nitrogens with one attached hydrogen (secondary N) is 1. The highest BCUT2D eigenvalue weighted by atomic mass is 35.5. The summed E-state index contributed by atoms with van der Waals surface area (Å²) in [5.41, 5.74) is 1.20. The fourth-order valence-corrected chi connectivity index (χ4v) is 1.24. The van der Waals surface area contributed by atoms with E-state index in [4.69, 9.17) is 21.4 Å². The molecule has 2 N–H and O–H groups in total. The lowest BCUT2D eigenvalue weighted by Gasteiger charge is -2.09. The molecule has 0 radical (unpaired) electrons. The number of aliphatic hydroxyl groups is 1. The van der Waals surface area contributed by atoms with Crippen LogP contribution in [0, 0.1) is 0 Å². The molecule has 0 atom stereocenters. The highest BCUT2D eigenvalue weighted by Crippen LogP contribution is 2.22. The first-order valence-electron chi connectivity index (χ1n) is 4.35. The number of carbonyl (C=O) groups is 1. The van der Waals surface area contributed by atoms with Crippen molar-refractivity contribution in [3.63, 3.8) is 0 Å². The van der Waals surface area contributed by atoms with Gasteiger partial charge in [-0.1, -0.05) is 0 Å². The number of halogens is 1. The van der Waals surface area contributed by atoms with Gasteiger partial charge in [0.2, 0.25) is 5.91 Å². The van der Waals surface area contributed by atoms with E-state index in [1.807, 2.05) is 0 Å². The Morgan fingerprint density at radius 1 is 1.60 bits per heavy atom. The van der Waals surface area contributed by atoms with Gasteiger partial charge >= 0.3 is 0 Å². The average Bonchev–Trinajstić information content (AvgIpc) is 2.28. The summed E-state index contributed by atoms with van der Waals surface area (Å²) in [5.74, 6) is 0.201. The van der Waals surface area contributed by atoms with Gasteiger partial charge in [0, 0.05) is 11.3 Å². The Morgan fingerprint density at radius 2 is 2.33 bits per heavy atom. The van der Waals surface area contributed by atoms with E-state index in [0.29, 0.717) is 17.0 Å². The van der Waals surface area contributed by atoms with E-state index in [0.717, 1.165) is 0 Å². The largest absolute Gasteiger partial charge is 0.496 e. The van der Waals surface area contributed by atoms with Gasteiger partial charge in [-0.25, -0.2) is 0 Å². The summed E-state index contributed by atoms with van der Waals surface area (Å²) in [6, 6.07) is 5.00. The van der Waals surface area contributed by atoms with Gasteiger partial charge in [-0.2, -0.15) is 0 Å². The van der Waals surface area contributed by atoms with Crippen LogP contribution in [0.5, 0.6) is 5.75 Å². The number of carbonyl (C=O) groups excluding carboxylic acids is 1. The van der Waals surface area contributed by atoms with Crippen molar-refractivity contribution in [2.45, 2.75) is 6.61 Å². The Hall–Kier alpha value is -1.26. The molecule has 0 aliphatic rings. The number of anilines is 1. The molecule has 0 fully saturated rings. The van der Waals surface area contributed by atoms with Crippen LogP contribution in [0.1, 0.15) is 5.56 Å². The fraction of sp³-hybridized carbons (Fsp3) is 0.300. The van der Waals surface area contributed by atoms with E-state index in [2.05, 4.69) is 5.32 Å². The number of hydrogen-bond acceptors (Lipinski definition) is 3. The molecule has 1 aromatic carbocycles. The van der Waals surface area contributed by atoms with Crippen molar-refractivity contribution in [2.24, 2.45) is 0 Å². The standard InChI is InChI=1S/C10H12ClNO3/c1-15-9-3-2-8(4-7(9)6-13)12-10(14)5-11/h2-4,13H,5-6H2,1H3,(H,12,14). The molecule has 0 bridgehead atoms. The van der Waals surface area contributed by atoms with Crippen molar-refractivity contribution < 1.29 is 14.6 Å². The Bertz CT molecular complexity index is 355. The lowest BCUT2D eigenvalue weighted by Crippen LogP contribution is -2.12. The molecule has 0 aromatic heterocycles. The number of ether oxygens (including phenoxy) is 1. The number of rotatable bonds is 4. The molecule has 0 heterocycles. The van der Waals surface area contributed by atoms with Gasteiger partial charge in [0.15, 0.2) is 0 Å². The third-order valence-electron chi connectivity index (χ3n) is 1.86. The zero-order valence-corrected chi connectivity index (χ0v) is 9.04. The van der Waals surface area contributed by atoms with E-state index in [1.165, 1.54) is 7.11 Å². The SMILES string of the molecule is COc1ccc(NC(=O)CCl)cc1CO. The van der Waals surface area contributed by atoms with Crippen molar-refractivity contribution in [1.29, 1.82) is 0 Å². The van der Waals surface area contributed by atoms with Crippen molar-refractivity contribution >= 4 is 23.2 Å². The van der Waals surface area contributed by atoms with Crippen LogP contribution in [-0.4, -0.2) is 24.0 Å². The van der Waals surface area contributed by atoms with Crippen molar-refractivity contribution in [2.75, 3.05) is 18.3 Å². The monoisotopic (exact) mass is 229 g/mol. The summed E-state index contributed by atoms with van der Waals surface area (Å²) in [6.45, 7) is -0.145. The minimum atomic E-state index is -0.286. The van der Waals surface area contributed by atoms with Crippen molar-refractivity contribution in [3.05, 3.63) is 23.8 Å². The van der Waals surface area contributed by atoms with Crippen LogP contribution in [0.3, 0.4) is 0 Å². The number of benzene rings is 1. The molecule has 0 unspecified atom stereocenters. The molecule has 0 spiro atoms. The lowest BCUT2D eigenvalue weighted by molar-refractivity contribution is -0.113. The molecule has 1 aromatic rings. The second kappa shape index (κ2) is 5.58. The second-order valence-corrected chi connectivity index (χ2v) is 3.13. The minimum absolute atomic E-state index is 0.0967. The maximum atomic E-state index is 11.0. The molecule has 1 amide bonds. The van der Waals surface area contributed by atoms with Gasteiger partial charge in [-0.3, -0.25) is 4.79 Å². The molecule has 0 saturated carbocycles. The van der Waals surface area contributed by atoms with Crippen LogP contribution in [0.15, 0.2) is 18.2 Å². The van der Waals surface area contributed by atoms with Crippen molar-refractivity contribution in [1.82, 2.24) is 0 Å². The minimum Gasteiger partial charge on any atom is -0.496 e. The summed E-state index contributed by atoms with van der Waals surface area (Å²) >= 11 is 5.35. The van der Waals surface area contributed by atoms with Gasteiger partial charge in [0.05, 0.1) is 13.7 Å². The van der Waals surface area contributed by atoms with E-state index in [1.54, 1.807) is 18.2 Å². The molecule has 0 saturated heterocycles. The number of methoxy groups -OCH3 is 1.